The minimum Gasteiger partial charge on any atom is -0.459 e. The van der Waals surface area contributed by atoms with E-state index >= 15 is 0 Å². The largest absolute Gasteiger partial charge is 0.459 e. The molecule has 0 bridgehead atoms. The van der Waals surface area contributed by atoms with Crippen LogP contribution in [0.5, 0.6) is 0 Å². The molecule has 0 saturated heterocycles. The van der Waals surface area contributed by atoms with E-state index < -0.39 is 11.8 Å². The average molecular weight is 489 g/mol. The van der Waals surface area contributed by atoms with Crippen LogP contribution in [0, 0.1) is 13.8 Å². The van der Waals surface area contributed by atoms with Gasteiger partial charge in [-0.15, -0.1) is 11.3 Å². The second-order valence-electron chi connectivity index (χ2n) is 6.74. The summed E-state index contributed by atoms with van der Waals surface area (Å²) in [4.78, 5) is 43.8. The molecule has 2 N–H and O–H groups in total. The summed E-state index contributed by atoms with van der Waals surface area (Å²) in [6.07, 6.45) is 1.36. The molecule has 0 unspecified atom stereocenters. The predicted molar refractivity (Wildman–Crippen MR) is 125 cm³/mol. The summed E-state index contributed by atoms with van der Waals surface area (Å²) in [7, 11) is 0. The molecule has 4 aromatic rings. The van der Waals surface area contributed by atoms with Crippen LogP contribution in [-0.4, -0.2) is 27.1 Å². The lowest BCUT2D eigenvalue weighted by Crippen LogP contribution is -2.42. The monoisotopic (exact) mass is 488 g/mol. The van der Waals surface area contributed by atoms with Crippen molar-refractivity contribution in [3.8, 4) is 5.69 Å². The highest BCUT2D eigenvalue weighted by atomic mass is 35.5. The molecule has 0 spiro atoms. The number of aryl methyl sites for hydroxylation is 2. The van der Waals surface area contributed by atoms with Gasteiger partial charge >= 0.3 is 5.91 Å². The number of hydrogen-bond donors (Lipinski definition) is 2. The third kappa shape index (κ3) is 4.43. The molecule has 0 fully saturated rings. The van der Waals surface area contributed by atoms with Crippen molar-refractivity contribution in [3.05, 3.63) is 74.2 Å². The van der Waals surface area contributed by atoms with Crippen LogP contribution >= 0.6 is 34.7 Å². The predicted octanol–water partition coefficient (Wildman–Crippen LogP) is 3.86. The van der Waals surface area contributed by atoms with Crippen molar-refractivity contribution < 1.29 is 14.0 Å². The summed E-state index contributed by atoms with van der Waals surface area (Å²) in [6.45, 7) is 3.83. The number of fused-ring (bicyclic) bond motifs is 1. The van der Waals surface area contributed by atoms with Crippen LogP contribution in [0.3, 0.4) is 0 Å². The zero-order valence-electron chi connectivity index (χ0n) is 17.0. The summed E-state index contributed by atoms with van der Waals surface area (Å²) >= 11 is 8.52. The SMILES string of the molecule is Cc1sc2nc(SCC(=O)NNC(=O)c3ccco3)n(-c3ccc(Cl)cc3)c(=O)c2c1C. The van der Waals surface area contributed by atoms with Crippen LogP contribution in [0.4, 0.5) is 0 Å². The second-order valence-corrected chi connectivity index (χ2v) is 9.33. The number of furan rings is 1. The molecule has 0 aliphatic heterocycles. The number of nitrogens with zero attached hydrogens (tertiary/aromatic N) is 2. The van der Waals surface area contributed by atoms with E-state index in [0.717, 1.165) is 22.2 Å². The van der Waals surface area contributed by atoms with Crippen molar-refractivity contribution in [2.24, 2.45) is 0 Å². The van der Waals surface area contributed by atoms with Gasteiger partial charge in [-0.1, -0.05) is 23.4 Å². The van der Waals surface area contributed by atoms with Crippen LogP contribution in [0.2, 0.25) is 5.02 Å². The first-order chi connectivity index (χ1) is 15.3. The summed E-state index contributed by atoms with van der Waals surface area (Å²) in [5.41, 5.74) is 5.87. The normalized spacial score (nSPS) is 11.0. The van der Waals surface area contributed by atoms with Gasteiger partial charge in [0.05, 0.1) is 23.1 Å². The Kier molecular flexibility index (Phi) is 6.35. The molecule has 32 heavy (non-hydrogen) atoms. The highest BCUT2D eigenvalue weighted by Crippen LogP contribution is 2.29. The number of thioether (sulfide) groups is 1. The maximum atomic E-state index is 13.4. The van der Waals surface area contributed by atoms with Crippen molar-refractivity contribution in [2.75, 3.05) is 5.75 Å². The number of thiophene rings is 1. The third-order valence-corrected chi connectivity index (χ3v) is 6.94. The number of rotatable bonds is 5. The number of benzene rings is 1. The summed E-state index contributed by atoms with van der Waals surface area (Å²) in [5, 5.41) is 1.46. The van der Waals surface area contributed by atoms with Gasteiger partial charge in [0.2, 0.25) is 5.91 Å². The van der Waals surface area contributed by atoms with E-state index in [1.165, 1.54) is 28.2 Å². The molecule has 0 aliphatic rings. The Balaban J connectivity index is 1.60. The minimum absolute atomic E-state index is 0.0742. The highest BCUT2D eigenvalue weighted by Gasteiger charge is 2.19. The number of carbonyl (C=O) groups excluding carboxylic acids is 2. The van der Waals surface area contributed by atoms with E-state index in [1.807, 2.05) is 13.8 Å². The molecule has 0 saturated carbocycles. The van der Waals surface area contributed by atoms with Gasteiger partial charge in [-0.25, -0.2) is 4.98 Å². The maximum absolute atomic E-state index is 13.4. The highest BCUT2D eigenvalue weighted by molar-refractivity contribution is 7.99. The second kappa shape index (κ2) is 9.19. The van der Waals surface area contributed by atoms with Crippen molar-refractivity contribution in [1.82, 2.24) is 20.4 Å². The van der Waals surface area contributed by atoms with Gasteiger partial charge in [-0.2, -0.15) is 0 Å². The van der Waals surface area contributed by atoms with Gasteiger partial charge in [-0.05, 0) is 55.8 Å². The first-order valence-electron chi connectivity index (χ1n) is 9.39. The fraction of sp³-hybridized carbons (Fsp3) is 0.143. The standard InChI is InChI=1S/C21H17ClN4O4S2/c1-11-12(2)32-19-17(11)20(29)26(14-7-5-13(22)6-8-14)21(23-19)31-10-16(27)24-25-18(28)15-4-3-9-30-15/h3-9H,10H2,1-2H3,(H,24,27)(H,25,28). The van der Waals surface area contributed by atoms with Gasteiger partial charge in [-0.3, -0.25) is 29.8 Å². The first kappa shape index (κ1) is 22.1. The smallest absolute Gasteiger partial charge is 0.305 e. The molecule has 3 aromatic heterocycles. The number of nitrogens with one attached hydrogen (secondary N) is 2. The summed E-state index contributed by atoms with van der Waals surface area (Å²) in [6, 6.07) is 9.86. The number of aromatic nitrogens is 2. The lowest BCUT2D eigenvalue weighted by Gasteiger charge is -2.12. The van der Waals surface area contributed by atoms with Crippen LogP contribution in [0.15, 0.2) is 57.0 Å². The quantitative estimate of drug-likeness (QED) is 0.251. The molecule has 8 nitrogen and oxygen atoms in total. The Bertz CT molecular complexity index is 1360. The van der Waals surface area contributed by atoms with E-state index in [0.29, 0.717) is 26.1 Å². The maximum Gasteiger partial charge on any atom is 0.305 e. The van der Waals surface area contributed by atoms with E-state index in [2.05, 4.69) is 15.8 Å². The van der Waals surface area contributed by atoms with Crippen molar-refractivity contribution in [3.63, 3.8) is 0 Å². The molecule has 0 aliphatic carbocycles. The fourth-order valence-electron chi connectivity index (χ4n) is 2.95. The Morgan fingerprint density at radius 1 is 1.19 bits per heavy atom. The van der Waals surface area contributed by atoms with E-state index in [9.17, 15) is 14.4 Å². The zero-order valence-corrected chi connectivity index (χ0v) is 19.4. The minimum atomic E-state index is -0.574. The van der Waals surface area contributed by atoms with Gasteiger partial charge in [0.1, 0.15) is 4.83 Å². The third-order valence-electron chi connectivity index (χ3n) is 4.65. The molecule has 4 rings (SSSR count). The van der Waals surface area contributed by atoms with Gasteiger partial charge in [0.25, 0.3) is 5.56 Å². The van der Waals surface area contributed by atoms with Crippen LogP contribution < -0.4 is 16.4 Å². The molecule has 164 valence electrons. The topological polar surface area (TPSA) is 106 Å². The Hall–Kier alpha value is -3.08. The molecule has 0 radical (unpaired) electrons. The fourth-order valence-corrected chi connectivity index (χ4v) is 4.96. The average Bonchev–Trinajstić information content (AvgIpc) is 3.40. The Labute approximate surface area is 195 Å². The molecule has 11 heteroatoms. The summed E-state index contributed by atoms with van der Waals surface area (Å²) < 4.78 is 6.44. The number of halogens is 1. The summed E-state index contributed by atoms with van der Waals surface area (Å²) in [5.74, 6) is -1.04. The zero-order chi connectivity index (χ0) is 22.8. The Morgan fingerprint density at radius 3 is 2.62 bits per heavy atom. The van der Waals surface area contributed by atoms with Crippen LogP contribution in [0.1, 0.15) is 21.0 Å². The molecule has 1 aromatic carbocycles. The van der Waals surface area contributed by atoms with Gasteiger partial charge in [0.15, 0.2) is 10.9 Å². The number of amides is 2. The molecule has 0 atom stereocenters. The van der Waals surface area contributed by atoms with E-state index in [4.69, 9.17) is 16.0 Å². The molecule has 2 amide bonds. The molecular weight excluding hydrogens is 472 g/mol. The number of hydrogen-bond acceptors (Lipinski definition) is 7. The lowest BCUT2D eigenvalue weighted by atomic mass is 10.2. The number of hydrazine groups is 1. The van der Waals surface area contributed by atoms with E-state index in [-0.39, 0.29) is 17.1 Å². The Morgan fingerprint density at radius 2 is 1.94 bits per heavy atom. The van der Waals surface area contributed by atoms with Crippen molar-refractivity contribution in [1.29, 1.82) is 0 Å². The first-order valence-corrected chi connectivity index (χ1v) is 11.6. The number of carbonyl (C=O) groups is 2. The molecule has 3 heterocycles. The molecular formula is C21H17ClN4O4S2. The van der Waals surface area contributed by atoms with Crippen LogP contribution in [-0.2, 0) is 4.79 Å². The lowest BCUT2D eigenvalue weighted by molar-refractivity contribution is -0.119. The van der Waals surface area contributed by atoms with Crippen molar-refractivity contribution in [2.45, 2.75) is 19.0 Å². The van der Waals surface area contributed by atoms with Crippen molar-refractivity contribution >= 4 is 56.7 Å². The van der Waals surface area contributed by atoms with Gasteiger partial charge in [0, 0.05) is 9.90 Å². The van der Waals surface area contributed by atoms with Crippen LogP contribution in [0.25, 0.3) is 15.9 Å². The van der Waals surface area contributed by atoms with Gasteiger partial charge < -0.3 is 4.42 Å². The van der Waals surface area contributed by atoms with E-state index in [1.54, 1.807) is 30.3 Å².